The quantitative estimate of drug-likeness (QED) is 0.820. The topological polar surface area (TPSA) is 66.4 Å². The number of rotatable bonds is 7. The zero-order valence-electron chi connectivity index (χ0n) is 11.1. The summed E-state index contributed by atoms with van der Waals surface area (Å²) in [4.78, 5) is 2.62. The molecule has 0 aliphatic heterocycles. The van der Waals surface area contributed by atoms with E-state index in [1.807, 2.05) is 36.6 Å². The van der Waals surface area contributed by atoms with Crippen molar-refractivity contribution in [1.29, 1.82) is 0 Å². The lowest BCUT2D eigenvalue weighted by Crippen LogP contribution is -2.25. The molecule has 0 bridgehead atoms. The van der Waals surface area contributed by atoms with Gasteiger partial charge in [0.2, 0.25) is 10.0 Å². The second-order valence-electron chi connectivity index (χ2n) is 4.36. The van der Waals surface area contributed by atoms with Crippen LogP contribution in [0.25, 0.3) is 0 Å². The first kappa shape index (κ1) is 15.7. The molecule has 0 aromatic carbocycles. The Morgan fingerprint density at radius 2 is 2.10 bits per heavy atom. The van der Waals surface area contributed by atoms with Crippen LogP contribution in [0.5, 0.6) is 0 Å². The minimum Gasteiger partial charge on any atom is -0.382 e. The van der Waals surface area contributed by atoms with Crippen molar-refractivity contribution in [3.05, 3.63) is 44.3 Å². The van der Waals surface area contributed by atoms with E-state index in [1.165, 1.54) is 22.7 Å². The Morgan fingerprint density at radius 1 is 1.30 bits per heavy atom. The van der Waals surface area contributed by atoms with Gasteiger partial charge in [-0.2, -0.15) is 0 Å². The predicted octanol–water partition coefficient (Wildman–Crippen LogP) is 2.72. The molecular formula is C13H17NO3S3. The van der Waals surface area contributed by atoms with Crippen molar-refractivity contribution in [2.24, 2.45) is 0 Å². The average Bonchev–Trinajstić information content (AvgIpc) is 3.07. The van der Waals surface area contributed by atoms with Gasteiger partial charge in [-0.25, -0.2) is 13.1 Å². The van der Waals surface area contributed by atoms with Gasteiger partial charge in [0.05, 0.1) is 5.75 Å². The molecule has 0 aliphatic carbocycles. The van der Waals surface area contributed by atoms with Gasteiger partial charge in [0.15, 0.2) is 0 Å². The highest BCUT2D eigenvalue weighted by molar-refractivity contribution is 7.89. The molecule has 2 aromatic rings. The standard InChI is InChI=1S/C13H17NO3S3/c1-2-8-20(16,17)14-9-10-5-6-12(19-10)13(15)11-4-3-7-18-11/h3-7,13-15H,2,8-9H2,1H3. The molecule has 2 heterocycles. The summed E-state index contributed by atoms with van der Waals surface area (Å²) >= 11 is 2.93. The highest BCUT2D eigenvalue weighted by atomic mass is 32.2. The molecule has 0 saturated carbocycles. The second-order valence-corrected chi connectivity index (χ2v) is 8.47. The molecule has 4 nitrogen and oxygen atoms in total. The third-order valence-electron chi connectivity index (χ3n) is 2.70. The van der Waals surface area contributed by atoms with Gasteiger partial charge < -0.3 is 5.11 Å². The highest BCUT2D eigenvalue weighted by Crippen LogP contribution is 2.30. The largest absolute Gasteiger partial charge is 0.382 e. The van der Waals surface area contributed by atoms with Gasteiger partial charge in [0.1, 0.15) is 6.10 Å². The maximum absolute atomic E-state index is 11.6. The second kappa shape index (κ2) is 6.82. The Balaban J connectivity index is 1.99. The normalized spacial score (nSPS) is 13.5. The molecule has 110 valence electrons. The number of nitrogens with one attached hydrogen (secondary N) is 1. The van der Waals surface area contributed by atoms with E-state index >= 15 is 0 Å². The Hall–Kier alpha value is -0.730. The summed E-state index contributed by atoms with van der Waals surface area (Å²) in [5.41, 5.74) is 0. The predicted molar refractivity (Wildman–Crippen MR) is 83.6 cm³/mol. The molecule has 7 heteroatoms. The van der Waals surface area contributed by atoms with Crippen LogP contribution in [0, 0.1) is 0 Å². The Bertz CT molecular complexity index is 632. The average molecular weight is 331 g/mol. The maximum Gasteiger partial charge on any atom is 0.211 e. The van der Waals surface area contributed by atoms with Gasteiger partial charge in [-0.1, -0.05) is 13.0 Å². The molecular weight excluding hydrogens is 314 g/mol. The van der Waals surface area contributed by atoms with E-state index in [0.29, 0.717) is 6.42 Å². The zero-order valence-corrected chi connectivity index (χ0v) is 13.5. The number of aliphatic hydroxyl groups is 1. The van der Waals surface area contributed by atoms with Gasteiger partial charge in [-0.3, -0.25) is 0 Å². The molecule has 0 saturated heterocycles. The fraction of sp³-hybridized carbons (Fsp3) is 0.385. The van der Waals surface area contributed by atoms with Crippen LogP contribution < -0.4 is 4.72 Å². The van der Waals surface area contributed by atoms with Crippen LogP contribution in [0.1, 0.15) is 34.1 Å². The van der Waals surface area contributed by atoms with Gasteiger partial charge in [0, 0.05) is 21.2 Å². The van der Waals surface area contributed by atoms with Crippen molar-refractivity contribution in [1.82, 2.24) is 4.72 Å². The summed E-state index contributed by atoms with van der Waals surface area (Å²) in [5.74, 6) is 0.142. The van der Waals surface area contributed by atoms with Crippen molar-refractivity contribution < 1.29 is 13.5 Å². The number of hydrogen-bond donors (Lipinski definition) is 2. The summed E-state index contributed by atoms with van der Waals surface area (Å²) in [6.45, 7) is 2.12. The van der Waals surface area contributed by atoms with E-state index in [1.54, 1.807) is 0 Å². The maximum atomic E-state index is 11.6. The Morgan fingerprint density at radius 3 is 2.75 bits per heavy atom. The van der Waals surface area contributed by atoms with E-state index in [-0.39, 0.29) is 12.3 Å². The minimum atomic E-state index is -3.19. The molecule has 1 unspecified atom stereocenters. The molecule has 0 amide bonds. The monoisotopic (exact) mass is 331 g/mol. The van der Waals surface area contributed by atoms with Gasteiger partial charge in [-0.15, -0.1) is 22.7 Å². The van der Waals surface area contributed by atoms with Crippen molar-refractivity contribution in [3.8, 4) is 0 Å². The van der Waals surface area contributed by atoms with Crippen LogP contribution in [0.2, 0.25) is 0 Å². The Kier molecular flexibility index (Phi) is 5.34. The fourth-order valence-corrected chi connectivity index (χ4v) is 4.65. The highest BCUT2D eigenvalue weighted by Gasteiger charge is 2.15. The first-order valence-electron chi connectivity index (χ1n) is 6.29. The molecule has 0 spiro atoms. The molecule has 20 heavy (non-hydrogen) atoms. The van der Waals surface area contributed by atoms with Gasteiger partial charge in [-0.05, 0) is 30.0 Å². The van der Waals surface area contributed by atoms with E-state index in [0.717, 1.165) is 14.6 Å². The summed E-state index contributed by atoms with van der Waals surface area (Å²) in [6, 6.07) is 7.49. The van der Waals surface area contributed by atoms with Crippen molar-refractivity contribution in [2.45, 2.75) is 26.0 Å². The first-order valence-corrected chi connectivity index (χ1v) is 9.64. The third kappa shape index (κ3) is 4.13. The summed E-state index contributed by atoms with van der Waals surface area (Å²) in [6.07, 6.45) is -0.0248. The van der Waals surface area contributed by atoms with Crippen LogP contribution in [-0.4, -0.2) is 19.3 Å². The number of sulfonamides is 1. The van der Waals surface area contributed by atoms with Gasteiger partial charge in [0.25, 0.3) is 0 Å². The van der Waals surface area contributed by atoms with E-state index in [9.17, 15) is 13.5 Å². The van der Waals surface area contributed by atoms with Crippen molar-refractivity contribution in [2.75, 3.05) is 5.75 Å². The third-order valence-corrected chi connectivity index (χ3v) is 6.30. The molecule has 0 fully saturated rings. The lowest BCUT2D eigenvalue weighted by atomic mass is 10.2. The smallest absolute Gasteiger partial charge is 0.211 e. The fourth-order valence-electron chi connectivity index (χ4n) is 1.75. The van der Waals surface area contributed by atoms with Crippen LogP contribution in [0.4, 0.5) is 0 Å². The van der Waals surface area contributed by atoms with Crippen LogP contribution in [-0.2, 0) is 16.6 Å². The molecule has 2 N–H and O–H groups in total. The van der Waals surface area contributed by atoms with E-state index in [2.05, 4.69) is 4.72 Å². The molecule has 2 rings (SSSR count). The number of thiophene rings is 2. The summed E-state index contributed by atoms with van der Waals surface area (Å²) in [7, 11) is -3.19. The van der Waals surface area contributed by atoms with E-state index < -0.39 is 16.1 Å². The van der Waals surface area contributed by atoms with Crippen molar-refractivity contribution >= 4 is 32.7 Å². The molecule has 2 aromatic heterocycles. The van der Waals surface area contributed by atoms with E-state index in [4.69, 9.17) is 0 Å². The molecule has 1 atom stereocenters. The number of aliphatic hydroxyl groups excluding tert-OH is 1. The lowest BCUT2D eigenvalue weighted by molar-refractivity contribution is 0.228. The minimum absolute atomic E-state index is 0.142. The first-order chi connectivity index (χ1) is 9.52. The van der Waals surface area contributed by atoms with Gasteiger partial charge >= 0.3 is 0 Å². The molecule has 0 aliphatic rings. The van der Waals surface area contributed by atoms with Crippen molar-refractivity contribution in [3.63, 3.8) is 0 Å². The van der Waals surface area contributed by atoms with Crippen LogP contribution in [0.3, 0.4) is 0 Å². The molecule has 0 radical (unpaired) electrons. The lowest BCUT2D eigenvalue weighted by Gasteiger charge is -2.05. The van der Waals surface area contributed by atoms with Crippen LogP contribution in [0.15, 0.2) is 29.6 Å². The van der Waals surface area contributed by atoms with Crippen LogP contribution >= 0.6 is 22.7 Å². The Labute approximate surface area is 127 Å². The summed E-state index contributed by atoms with van der Waals surface area (Å²) in [5, 5.41) is 12.1. The summed E-state index contributed by atoms with van der Waals surface area (Å²) < 4.78 is 25.7. The number of hydrogen-bond acceptors (Lipinski definition) is 5. The SMILES string of the molecule is CCCS(=O)(=O)NCc1ccc(C(O)c2cccs2)s1. The zero-order chi connectivity index (χ0) is 14.6.